The first-order chi connectivity index (χ1) is 10.1. The lowest BCUT2D eigenvalue weighted by Gasteiger charge is -2.46. The van der Waals surface area contributed by atoms with Crippen molar-refractivity contribution in [3.63, 3.8) is 0 Å². The van der Waals surface area contributed by atoms with Crippen LogP contribution in [0.15, 0.2) is 24.3 Å². The van der Waals surface area contributed by atoms with Gasteiger partial charge in [-0.15, -0.1) is 0 Å². The predicted octanol–water partition coefficient (Wildman–Crippen LogP) is 0.991. The lowest BCUT2D eigenvalue weighted by atomic mass is 9.90. The Morgan fingerprint density at radius 3 is 2.86 bits per heavy atom. The van der Waals surface area contributed by atoms with Crippen LogP contribution in [0.2, 0.25) is 0 Å². The van der Waals surface area contributed by atoms with E-state index in [1.807, 2.05) is 24.3 Å². The number of rotatable bonds is 2. The summed E-state index contributed by atoms with van der Waals surface area (Å²) in [5.41, 5.74) is 1.09. The molecule has 21 heavy (non-hydrogen) atoms. The number of benzene rings is 1. The van der Waals surface area contributed by atoms with Gasteiger partial charge in [0.15, 0.2) is 0 Å². The number of fused-ring (bicyclic) bond motifs is 1. The summed E-state index contributed by atoms with van der Waals surface area (Å²) in [6.07, 6.45) is 0.631. The van der Waals surface area contributed by atoms with Crippen LogP contribution in [0.3, 0.4) is 0 Å². The maximum atomic E-state index is 10.4. The highest BCUT2D eigenvalue weighted by atomic mass is 16.7. The van der Waals surface area contributed by atoms with E-state index in [9.17, 15) is 10.2 Å². The Morgan fingerprint density at radius 1 is 1.24 bits per heavy atom. The van der Waals surface area contributed by atoms with Crippen molar-refractivity contribution < 1.29 is 24.8 Å². The van der Waals surface area contributed by atoms with Gasteiger partial charge in [-0.05, 0) is 30.9 Å². The van der Waals surface area contributed by atoms with Crippen LogP contribution in [0.25, 0.3) is 0 Å². The SMILES string of the molecule is OCC[C@H]1C[C@@H](O)[C@H](O)[C@@]2(CCCc3ccccc3O2)O1. The zero-order valence-electron chi connectivity index (χ0n) is 11.9. The number of para-hydroxylation sites is 1. The minimum absolute atomic E-state index is 0.0137. The van der Waals surface area contributed by atoms with Gasteiger partial charge in [-0.25, -0.2) is 0 Å². The number of hydrogen-bond donors (Lipinski definition) is 3. The fraction of sp³-hybridized carbons (Fsp3) is 0.625. The van der Waals surface area contributed by atoms with Gasteiger partial charge in [0.2, 0.25) is 5.79 Å². The fourth-order valence-corrected chi connectivity index (χ4v) is 3.28. The first-order valence-electron chi connectivity index (χ1n) is 7.56. The van der Waals surface area contributed by atoms with Crippen LogP contribution in [0.5, 0.6) is 5.75 Å². The molecule has 0 unspecified atom stereocenters. The molecular formula is C16H22O5. The number of ether oxygens (including phenoxy) is 2. The molecular weight excluding hydrogens is 272 g/mol. The molecule has 0 amide bonds. The van der Waals surface area contributed by atoms with Gasteiger partial charge in [0.1, 0.15) is 11.9 Å². The summed E-state index contributed by atoms with van der Waals surface area (Å²) in [6.45, 7) is -0.0137. The first kappa shape index (κ1) is 14.8. The van der Waals surface area contributed by atoms with Crippen LogP contribution in [-0.4, -0.2) is 46.0 Å². The number of aliphatic hydroxyl groups is 3. The third-order valence-corrected chi connectivity index (χ3v) is 4.36. The zero-order valence-corrected chi connectivity index (χ0v) is 11.9. The molecule has 2 aliphatic heterocycles. The van der Waals surface area contributed by atoms with Gasteiger partial charge >= 0.3 is 0 Å². The van der Waals surface area contributed by atoms with Gasteiger partial charge in [-0.3, -0.25) is 0 Å². The van der Waals surface area contributed by atoms with Crippen LogP contribution < -0.4 is 4.74 Å². The molecule has 0 aliphatic carbocycles. The molecule has 1 fully saturated rings. The lowest BCUT2D eigenvalue weighted by Crippen LogP contribution is -2.61. The van der Waals surface area contributed by atoms with Crippen molar-refractivity contribution in [1.82, 2.24) is 0 Å². The summed E-state index contributed by atoms with van der Waals surface area (Å²) in [4.78, 5) is 0. The van der Waals surface area contributed by atoms with Gasteiger partial charge in [0.05, 0.1) is 12.2 Å². The number of aliphatic hydroxyl groups excluding tert-OH is 3. The molecule has 1 saturated heterocycles. The van der Waals surface area contributed by atoms with E-state index in [1.165, 1.54) is 0 Å². The van der Waals surface area contributed by atoms with E-state index in [4.69, 9.17) is 14.6 Å². The third-order valence-electron chi connectivity index (χ3n) is 4.36. The summed E-state index contributed by atoms with van der Waals surface area (Å²) in [5, 5.41) is 29.7. The maximum absolute atomic E-state index is 10.4. The Morgan fingerprint density at radius 2 is 2.05 bits per heavy atom. The molecule has 1 spiro atoms. The predicted molar refractivity (Wildman–Crippen MR) is 75.9 cm³/mol. The molecule has 2 heterocycles. The smallest absolute Gasteiger partial charge is 0.239 e. The zero-order chi connectivity index (χ0) is 14.9. The highest BCUT2D eigenvalue weighted by molar-refractivity contribution is 5.35. The van der Waals surface area contributed by atoms with Crippen LogP contribution >= 0.6 is 0 Å². The van der Waals surface area contributed by atoms with Crippen molar-refractivity contribution in [2.75, 3.05) is 6.61 Å². The van der Waals surface area contributed by atoms with E-state index in [1.54, 1.807) is 0 Å². The molecule has 4 atom stereocenters. The molecule has 3 N–H and O–H groups in total. The minimum atomic E-state index is -1.22. The second-order valence-electron chi connectivity index (χ2n) is 5.88. The van der Waals surface area contributed by atoms with E-state index in [2.05, 4.69) is 0 Å². The number of hydrogen-bond acceptors (Lipinski definition) is 5. The summed E-state index contributed by atoms with van der Waals surface area (Å²) < 4.78 is 12.0. The Labute approximate surface area is 124 Å². The van der Waals surface area contributed by atoms with Gasteiger partial charge in [-0.1, -0.05) is 18.2 Å². The summed E-state index contributed by atoms with van der Waals surface area (Å²) in [6, 6.07) is 7.71. The van der Waals surface area contributed by atoms with E-state index < -0.39 is 18.0 Å². The second-order valence-corrected chi connectivity index (χ2v) is 5.88. The molecule has 3 rings (SSSR count). The largest absolute Gasteiger partial charge is 0.459 e. The van der Waals surface area contributed by atoms with Crippen LogP contribution in [0.4, 0.5) is 0 Å². The quantitative estimate of drug-likeness (QED) is 0.758. The van der Waals surface area contributed by atoms with Crippen molar-refractivity contribution in [2.45, 2.75) is 56.2 Å². The Hall–Kier alpha value is -1.14. The van der Waals surface area contributed by atoms with E-state index in [0.717, 1.165) is 18.4 Å². The molecule has 116 valence electrons. The Bertz CT molecular complexity index is 491. The van der Waals surface area contributed by atoms with E-state index in [-0.39, 0.29) is 12.7 Å². The van der Waals surface area contributed by atoms with Gasteiger partial charge < -0.3 is 24.8 Å². The van der Waals surface area contributed by atoms with Crippen LogP contribution in [0.1, 0.15) is 31.2 Å². The highest BCUT2D eigenvalue weighted by Crippen LogP contribution is 2.40. The topological polar surface area (TPSA) is 79.2 Å². The molecule has 0 bridgehead atoms. The Kier molecular flexibility index (Phi) is 4.17. The summed E-state index contributed by atoms with van der Waals surface area (Å²) in [7, 11) is 0. The van der Waals surface area contributed by atoms with Gasteiger partial charge in [0, 0.05) is 19.4 Å². The minimum Gasteiger partial charge on any atom is -0.459 e. The molecule has 1 aromatic rings. The number of aryl methyl sites for hydroxylation is 1. The molecule has 0 aromatic heterocycles. The van der Waals surface area contributed by atoms with Crippen LogP contribution in [-0.2, 0) is 11.2 Å². The monoisotopic (exact) mass is 294 g/mol. The maximum Gasteiger partial charge on any atom is 0.239 e. The Balaban J connectivity index is 1.90. The molecule has 0 radical (unpaired) electrons. The van der Waals surface area contributed by atoms with Gasteiger partial charge in [0.25, 0.3) is 0 Å². The second kappa shape index (κ2) is 5.93. The van der Waals surface area contributed by atoms with E-state index in [0.29, 0.717) is 25.0 Å². The van der Waals surface area contributed by atoms with Crippen molar-refractivity contribution in [2.24, 2.45) is 0 Å². The van der Waals surface area contributed by atoms with Crippen molar-refractivity contribution >= 4 is 0 Å². The fourth-order valence-electron chi connectivity index (χ4n) is 3.28. The first-order valence-corrected chi connectivity index (χ1v) is 7.56. The summed E-state index contributed by atoms with van der Waals surface area (Å²) in [5.74, 6) is -0.518. The van der Waals surface area contributed by atoms with Gasteiger partial charge in [-0.2, -0.15) is 0 Å². The third kappa shape index (κ3) is 2.79. The highest BCUT2D eigenvalue weighted by Gasteiger charge is 2.51. The average Bonchev–Trinajstić information content (AvgIpc) is 2.65. The molecule has 2 aliphatic rings. The molecule has 0 saturated carbocycles. The normalized spacial score (nSPS) is 35.9. The van der Waals surface area contributed by atoms with Crippen molar-refractivity contribution in [1.29, 1.82) is 0 Å². The van der Waals surface area contributed by atoms with E-state index >= 15 is 0 Å². The van der Waals surface area contributed by atoms with Crippen molar-refractivity contribution in [3.05, 3.63) is 29.8 Å². The van der Waals surface area contributed by atoms with Crippen LogP contribution in [0, 0.1) is 0 Å². The average molecular weight is 294 g/mol. The summed E-state index contributed by atoms with van der Waals surface area (Å²) >= 11 is 0. The molecule has 5 heteroatoms. The molecule has 1 aromatic carbocycles. The lowest BCUT2D eigenvalue weighted by molar-refractivity contribution is -0.311. The molecule has 5 nitrogen and oxygen atoms in total. The standard InChI is InChI=1S/C16H22O5/c17-9-7-12-10-13(18)15(19)16(20-12)8-3-5-11-4-1-2-6-14(11)21-16/h1-2,4,6,12-13,15,17-19H,3,5,7-10H2/t12-,13+,15-,16-/m0/s1. The van der Waals surface area contributed by atoms with Crippen molar-refractivity contribution in [3.8, 4) is 5.75 Å².